The van der Waals surface area contributed by atoms with Crippen molar-refractivity contribution in [1.82, 2.24) is 4.90 Å². The second-order valence-electron chi connectivity index (χ2n) is 5.66. The predicted octanol–water partition coefficient (Wildman–Crippen LogP) is 2.99. The van der Waals surface area contributed by atoms with Crippen LogP contribution in [0.1, 0.15) is 44.8 Å². The van der Waals surface area contributed by atoms with E-state index in [1.54, 1.807) is 7.11 Å². The van der Waals surface area contributed by atoms with Crippen molar-refractivity contribution in [1.29, 1.82) is 0 Å². The lowest BCUT2D eigenvalue weighted by Gasteiger charge is -2.29. The minimum Gasteiger partial charge on any atom is -0.497 e. The molecule has 0 saturated carbocycles. The van der Waals surface area contributed by atoms with Gasteiger partial charge in [0.2, 0.25) is 0 Å². The zero-order valence-corrected chi connectivity index (χ0v) is 12.2. The summed E-state index contributed by atoms with van der Waals surface area (Å²) in [5, 5.41) is 10.4. The van der Waals surface area contributed by atoms with E-state index in [-0.39, 0.29) is 0 Å². The van der Waals surface area contributed by atoms with Crippen molar-refractivity contribution in [3.8, 4) is 5.75 Å². The van der Waals surface area contributed by atoms with Gasteiger partial charge in [-0.3, -0.25) is 4.90 Å². The van der Waals surface area contributed by atoms with Gasteiger partial charge in [-0.15, -0.1) is 0 Å². The van der Waals surface area contributed by atoms with Gasteiger partial charge in [0, 0.05) is 12.1 Å². The quantitative estimate of drug-likeness (QED) is 0.886. The molecule has 1 aromatic rings. The van der Waals surface area contributed by atoms with Crippen molar-refractivity contribution < 1.29 is 9.84 Å². The van der Waals surface area contributed by atoms with Crippen molar-refractivity contribution in [2.45, 2.75) is 51.3 Å². The molecule has 0 amide bonds. The number of methoxy groups -OCH3 is 1. The summed E-state index contributed by atoms with van der Waals surface area (Å²) >= 11 is 0. The predicted molar refractivity (Wildman–Crippen MR) is 77.4 cm³/mol. The molecule has 1 aliphatic rings. The highest BCUT2D eigenvalue weighted by atomic mass is 16.5. The zero-order chi connectivity index (χ0) is 13.8. The molecule has 0 bridgehead atoms. The second kappa shape index (κ2) is 6.40. The molecule has 3 heteroatoms. The molecule has 0 aromatic heterocycles. The zero-order valence-electron chi connectivity index (χ0n) is 12.2. The Balaban J connectivity index is 2.01. The van der Waals surface area contributed by atoms with Gasteiger partial charge < -0.3 is 9.84 Å². The molecule has 1 aromatic carbocycles. The fourth-order valence-corrected chi connectivity index (χ4v) is 3.03. The summed E-state index contributed by atoms with van der Waals surface area (Å²) in [6.07, 6.45) is 2.84. The van der Waals surface area contributed by atoms with Crippen LogP contribution in [0.2, 0.25) is 0 Å². The maximum absolute atomic E-state index is 10.4. The van der Waals surface area contributed by atoms with Crippen molar-refractivity contribution in [2.24, 2.45) is 0 Å². The summed E-state index contributed by atoms with van der Waals surface area (Å²) in [7, 11) is 1.66. The van der Waals surface area contributed by atoms with Crippen LogP contribution in [-0.2, 0) is 0 Å². The third-order valence-corrected chi connectivity index (χ3v) is 4.06. The lowest BCUT2D eigenvalue weighted by Crippen LogP contribution is -2.36. The van der Waals surface area contributed by atoms with Crippen LogP contribution >= 0.6 is 0 Å². The summed E-state index contributed by atoms with van der Waals surface area (Å²) in [6.45, 7) is 5.62. The third kappa shape index (κ3) is 3.48. The van der Waals surface area contributed by atoms with Gasteiger partial charge in [-0.25, -0.2) is 0 Å². The van der Waals surface area contributed by atoms with E-state index < -0.39 is 6.10 Å². The van der Waals surface area contributed by atoms with Crippen molar-refractivity contribution in [3.05, 3.63) is 29.8 Å². The highest BCUT2D eigenvalue weighted by Gasteiger charge is 2.28. The average molecular weight is 263 g/mol. The van der Waals surface area contributed by atoms with Gasteiger partial charge in [0.05, 0.1) is 13.2 Å². The molecule has 1 heterocycles. The number of aliphatic hydroxyl groups is 1. The largest absolute Gasteiger partial charge is 0.497 e. The SMILES string of the molecule is COc1cccc(C(O)CC2CCCN2C(C)C)c1. The van der Waals surface area contributed by atoms with Crippen molar-refractivity contribution >= 4 is 0 Å². The monoisotopic (exact) mass is 263 g/mol. The van der Waals surface area contributed by atoms with Crippen molar-refractivity contribution in [2.75, 3.05) is 13.7 Å². The van der Waals surface area contributed by atoms with Crippen LogP contribution < -0.4 is 4.74 Å². The molecule has 0 spiro atoms. The number of aliphatic hydroxyl groups excluding tert-OH is 1. The van der Waals surface area contributed by atoms with Crippen LogP contribution in [0.4, 0.5) is 0 Å². The average Bonchev–Trinajstić information content (AvgIpc) is 2.87. The molecule has 2 rings (SSSR count). The van der Waals surface area contributed by atoms with Crippen LogP contribution in [0.25, 0.3) is 0 Å². The first kappa shape index (κ1) is 14.4. The van der Waals surface area contributed by atoms with E-state index in [2.05, 4.69) is 18.7 Å². The first-order chi connectivity index (χ1) is 9.11. The van der Waals surface area contributed by atoms with Gasteiger partial charge in [0.15, 0.2) is 0 Å². The van der Waals surface area contributed by atoms with E-state index in [0.29, 0.717) is 12.1 Å². The highest BCUT2D eigenvalue weighted by molar-refractivity contribution is 5.29. The third-order valence-electron chi connectivity index (χ3n) is 4.06. The number of nitrogens with zero attached hydrogens (tertiary/aromatic N) is 1. The summed E-state index contributed by atoms with van der Waals surface area (Å²) in [6, 6.07) is 8.81. The van der Waals surface area contributed by atoms with E-state index >= 15 is 0 Å². The van der Waals surface area contributed by atoms with Crippen LogP contribution in [0.5, 0.6) is 5.75 Å². The van der Waals surface area contributed by atoms with E-state index in [9.17, 15) is 5.11 Å². The molecule has 2 unspecified atom stereocenters. The number of benzene rings is 1. The van der Waals surface area contributed by atoms with E-state index in [4.69, 9.17) is 4.74 Å². The van der Waals surface area contributed by atoms with E-state index in [1.165, 1.54) is 12.8 Å². The Bertz CT molecular complexity index is 405. The molecule has 3 nitrogen and oxygen atoms in total. The molecule has 1 saturated heterocycles. The smallest absolute Gasteiger partial charge is 0.119 e. The van der Waals surface area contributed by atoms with Crippen LogP contribution in [0.15, 0.2) is 24.3 Å². The van der Waals surface area contributed by atoms with Crippen LogP contribution in [0.3, 0.4) is 0 Å². The lowest BCUT2D eigenvalue weighted by atomic mass is 10.00. The minimum atomic E-state index is -0.403. The highest BCUT2D eigenvalue weighted by Crippen LogP contribution is 2.29. The molecule has 0 radical (unpaired) electrons. The Morgan fingerprint density at radius 3 is 2.89 bits per heavy atom. The van der Waals surface area contributed by atoms with E-state index in [1.807, 2.05) is 24.3 Å². The van der Waals surface area contributed by atoms with Gasteiger partial charge in [-0.05, 0) is 57.4 Å². The van der Waals surface area contributed by atoms with E-state index in [0.717, 1.165) is 24.3 Å². The maximum atomic E-state index is 10.4. The molecule has 2 atom stereocenters. The Labute approximate surface area is 116 Å². The Kier molecular flexibility index (Phi) is 4.83. The number of rotatable bonds is 5. The van der Waals surface area contributed by atoms with Gasteiger partial charge in [0.25, 0.3) is 0 Å². The first-order valence-electron chi connectivity index (χ1n) is 7.19. The summed E-state index contributed by atoms with van der Waals surface area (Å²) in [5.74, 6) is 0.809. The lowest BCUT2D eigenvalue weighted by molar-refractivity contribution is 0.107. The first-order valence-corrected chi connectivity index (χ1v) is 7.19. The van der Waals surface area contributed by atoms with Crippen molar-refractivity contribution in [3.63, 3.8) is 0 Å². The second-order valence-corrected chi connectivity index (χ2v) is 5.66. The Hall–Kier alpha value is -1.06. The molecular formula is C16H25NO2. The van der Waals surface area contributed by atoms with Gasteiger partial charge in [-0.2, -0.15) is 0 Å². The molecule has 1 N–H and O–H groups in total. The molecule has 0 aliphatic carbocycles. The summed E-state index contributed by atoms with van der Waals surface area (Å²) < 4.78 is 5.21. The van der Waals surface area contributed by atoms with Crippen LogP contribution in [0, 0.1) is 0 Å². The molecule has 106 valence electrons. The number of hydrogen-bond donors (Lipinski definition) is 1. The number of ether oxygens (including phenoxy) is 1. The normalized spacial score (nSPS) is 21.8. The van der Waals surface area contributed by atoms with Gasteiger partial charge >= 0.3 is 0 Å². The Morgan fingerprint density at radius 2 is 2.21 bits per heavy atom. The topological polar surface area (TPSA) is 32.7 Å². The van der Waals surface area contributed by atoms with Gasteiger partial charge in [0.1, 0.15) is 5.75 Å². The number of hydrogen-bond acceptors (Lipinski definition) is 3. The summed E-state index contributed by atoms with van der Waals surface area (Å²) in [4.78, 5) is 2.50. The minimum absolute atomic E-state index is 0.403. The molecular weight excluding hydrogens is 238 g/mol. The fourth-order valence-electron chi connectivity index (χ4n) is 3.03. The molecule has 19 heavy (non-hydrogen) atoms. The Morgan fingerprint density at radius 1 is 1.42 bits per heavy atom. The maximum Gasteiger partial charge on any atom is 0.119 e. The fraction of sp³-hybridized carbons (Fsp3) is 0.625. The standard InChI is InChI=1S/C16H25NO2/c1-12(2)17-9-5-7-14(17)11-16(18)13-6-4-8-15(10-13)19-3/h4,6,8,10,12,14,16,18H,5,7,9,11H2,1-3H3. The van der Waals surface area contributed by atoms with Crippen LogP contribution in [-0.4, -0.2) is 35.7 Å². The molecule has 1 fully saturated rings. The number of likely N-dealkylation sites (tertiary alicyclic amines) is 1. The summed E-state index contributed by atoms with van der Waals surface area (Å²) in [5.41, 5.74) is 0.954. The molecule has 1 aliphatic heterocycles. The van der Waals surface area contributed by atoms with Gasteiger partial charge in [-0.1, -0.05) is 12.1 Å².